The summed E-state index contributed by atoms with van der Waals surface area (Å²) in [6.07, 6.45) is 5.61. The minimum atomic E-state index is 0.895. The molecule has 2 fully saturated rings. The van der Waals surface area contributed by atoms with Crippen LogP contribution in [0.15, 0.2) is 0 Å². The van der Waals surface area contributed by atoms with Gasteiger partial charge in [-0.2, -0.15) is 0 Å². The molecular weight excluding hydrogens is 136 g/mol. The average Bonchev–Trinajstić information content (AvgIpc) is 2.66. The molecule has 0 amide bonds. The smallest absolute Gasteiger partial charge is 0.00682 e. The summed E-state index contributed by atoms with van der Waals surface area (Å²) in [6, 6.07) is 0.895. The number of hydrogen-bond donors (Lipinski definition) is 1. The van der Waals surface area contributed by atoms with Crippen LogP contribution in [0, 0.1) is 0 Å². The van der Waals surface area contributed by atoms with Crippen molar-refractivity contribution in [3.05, 3.63) is 0 Å². The summed E-state index contributed by atoms with van der Waals surface area (Å²) >= 11 is 0. The van der Waals surface area contributed by atoms with Crippen LogP contribution in [0.2, 0.25) is 0 Å². The van der Waals surface area contributed by atoms with Gasteiger partial charge in [0.15, 0.2) is 0 Å². The zero-order valence-corrected chi connectivity index (χ0v) is 7.18. The molecule has 1 saturated heterocycles. The molecule has 0 unspecified atom stereocenters. The lowest BCUT2D eigenvalue weighted by Crippen LogP contribution is -2.38. The molecule has 2 aliphatic rings. The Hall–Kier alpha value is -0.0800. The number of rotatable bonds is 5. The number of nitrogens with zero attached hydrogens (tertiary/aromatic N) is 1. The van der Waals surface area contributed by atoms with Gasteiger partial charge in [-0.05, 0) is 51.9 Å². The molecular formula is C9H18N2. The van der Waals surface area contributed by atoms with Crippen LogP contribution in [-0.2, 0) is 0 Å². The maximum atomic E-state index is 3.53. The van der Waals surface area contributed by atoms with Gasteiger partial charge in [-0.1, -0.05) is 0 Å². The van der Waals surface area contributed by atoms with E-state index in [1.54, 1.807) is 0 Å². The Bertz CT molecular complexity index is 117. The average molecular weight is 154 g/mol. The highest BCUT2D eigenvalue weighted by Gasteiger charge is 2.19. The second-order valence-electron chi connectivity index (χ2n) is 3.78. The lowest BCUT2D eigenvalue weighted by molar-refractivity contribution is 0.179. The van der Waals surface area contributed by atoms with E-state index in [1.807, 2.05) is 0 Å². The number of hydrogen-bond acceptors (Lipinski definition) is 2. The van der Waals surface area contributed by atoms with Gasteiger partial charge < -0.3 is 10.2 Å². The summed E-state index contributed by atoms with van der Waals surface area (Å²) in [5.74, 6) is 0. The minimum absolute atomic E-state index is 0.895. The molecule has 1 aliphatic heterocycles. The zero-order valence-electron chi connectivity index (χ0n) is 7.18. The maximum Gasteiger partial charge on any atom is 0.00682 e. The third-order valence-corrected chi connectivity index (χ3v) is 2.61. The molecule has 1 aliphatic carbocycles. The first kappa shape index (κ1) is 7.56. The first-order valence-corrected chi connectivity index (χ1v) is 4.91. The molecule has 0 aromatic heterocycles. The third-order valence-electron chi connectivity index (χ3n) is 2.61. The molecule has 0 bridgehead atoms. The Labute approximate surface area is 69.0 Å². The topological polar surface area (TPSA) is 15.3 Å². The van der Waals surface area contributed by atoms with Crippen LogP contribution in [0.1, 0.15) is 25.7 Å². The number of likely N-dealkylation sites (tertiary alicyclic amines) is 1. The van der Waals surface area contributed by atoms with Crippen LogP contribution in [0.4, 0.5) is 0 Å². The van der Waals surface area contributed by atoms with E-state index in [0.717, 1.165) is 6.04 Å². The van der Waals surface area contributed by atoms with E-state index >= 15 is 0 Å². The Balaban J connectivity index is 1.40. The maximum absolute atomic E-state index is 3.53. The molecule has 64 valence electrons. The van der Waals surface area contributed by atoms with Crippen molar-refractivity contribution in [3.8, 4) is 0 Å². The van der Waals surface area contributed by atoms with Gasteiger partial charge in [-0.25, -0.2) is 0 Å². The Morgan fingerprint density at radius 1 is 1.27 bits per heavy atom. The molecule has 0 aromatic rings. The summed E-state index contributed by atoms with van der Waals surface area (Å²) in [4.78, 5) is 2.54. The highest BCUT2D eigenvalue weighted by molar-refractivity contribution is 4.80. The fourth-order valence-corrected chi connectivity index (χ4v) is 1.50. The predicted molar refractivity (Wildman–Crippen MR) is 46.7 cm³/mol. The standard InChI is InChI=1S/C9H18N2/c1(5-10-9-3-4-9)6-11-7-2-8-11/h9-10H,1-8H2. The lowest BCUT2D eigenvalue weighted by Gasteiger charge is -2.30. The van der Waals surface area contributed by atoms with Gasteiger partial charge in [0.1, 0.15) is 0 Å². The Morgan fingerprint density at radius 3 is 2.64 bits per heavy atom. The van der Waals surface area contributed by atoms with Crippen molar-refractivity contribution in [2.45, 2.75) is 31.7 Å². The largest absolute Gasteiger partial charge is 0.314 e. The van der Waals surface area contributed by atoms with Crippen LogP contribution in [0.5, 0.6) is 0 Å². The van der Waals surface area contributed by atoms with E-state index in [9.17, 15) is 0 Å². The fourth-order valence-electron chi connectivity index (χ4n) is 1.50. The highest BCUT2D eigenvalue weighted by Crippen LogP contribution is 2.18. The normalized spacial score (nSPS) is 25.1. The molecule has 0 aromatic carbocycles. The SMILES string of the molecule is C(CNC1CC1)CN1CCC1. The van der Waals surface area contributed by atoms with Crippen molar-refractivity contribution in [3.63, 3.8) is 0 Å². The Kier molecular flexibility index (Phi) is 2.44. The van der Waals surface area contributed by atoms with Gasteiger partial charge >= 0.3 is 0 Å². The lowest BCUT2D eigenvalue weighted by atomic mass is 10.2. The second kappa shape index (κ2) is 3.55. The summed E-state index contributed by atoms with van der Waals surface area (Å²) in [5.41, 5.74) is 0. The van der Waals surface area contributed by atoms with Crippen LogP contribution in [-0.4, -0.2) is 37.1 Å². The van der Waals surface area contributed by atoms with Crippen LogP contribution in [0.25, 0.3) is 0 Å². The first-order chi connectivity index (χ1) is 5.45. The van der Waals surface area contributed by atoms with E-state index < -0.39 is 0 Å². The summed E-state index contributed by atoms with van der Waals surface area (Å²) < 4.78 is 0. The van der Waals surface area contributed by atoms with Crippen molar-refractivity contribution in [1.82, 2.24) is 10.2 Å². The Morgan fingerprint density at radius 2 is 2.09 bits per heavy atom. The van der Waals surface area contributed by atoms with E-state index in [4.69, 9.17) is 0 Å². The molecule has 1 heterocycles. The van der Waals surface area contributed by atoms with Crippen molar-refractivity contribution >= 4 is 0 Å². The van der Waals surface area contributed by atoms with Gasteiger partial charge in [0.2, 0.25) is 0 Å². The monoisotopic (exact) mass is 154 g/mol. The predicted octanol–water partition coefficient (Wildman–Crippen LogP) is 0.834. The van der Waals surface area contributed by atoms with E-state index in [2.05, 4.69) is 10.2 Å². The van der Waals surface area contributed by atoms with Crippen molar-refractivity contribution in [2.24, 2.45) is 0 Å². The quantitative estimate of drug-likeness (QED) is 0.590. The van der Waals surface area contributed by atoms with Crippen molar-refractivity contribution < 1.29 is 0 Å². The molecule has 1 N–H and O–H groups in total. The summed E-state index contributed by atoms with van der Waals surface area (Å²) in [5, 5.41) is 3.53. The van der Waals surface area contributed by atoms with E-state index in [-0.39, 0.29) is 0 Å². The molecule has 0 atom stereocenters. The van der Waals surface area contributed by atoms with Crippen LogP contribution in [0.3, 0.4) is 0 Å². The van der Waals surface area contributed by atoms with Crippen molar-refractivity contribution in [1.29, 1.82) is 0 Å². The highest BCUT2D eigenvalue weighted by atomic mass is 15.2. The summed E-state index contributed by atoms with van der Waals surface area (Å²) in [7, 11) is 0. The van der Waals surface area contributed by atoms with Crippen LogP contribution >= 0.6 is 0 Å². The van der Waals surface area contributed by atoms with Crippen LogP contribution < -0.4 is 5.32 Å². The van der Waals surface area contributed by atoms with Gasteiger partial charge in [0.05, 0.1) is 0 Å². The van der Waals surface area contributed by atoms with Crippen molar-refractivity contribution in [2.75, 3.05) is 26.2 Å². The molecule has 0 spiro atoms. The van der Waals surface area contributed by atoms with Gasteiger partial charge in [0.25, 0.3) is 0 Å². The minimum Gasteiger partial charge on any atom is -0.314 e. The molecule has 11 heavy (non-hydrogen) atoms. The van der Waals surface area contributed by atoms with Gasteiger partial charge in [-0.3, -0.25) is 0 Å². The molecule has 2 rings (SSSR count). The zero-order chi connectivity index (χ0) is 7.52. The van der Waals surface area contributed by atoms with E-state index in [0.29, 0.717) is 0 Å². The van der Waals surface area contributed by atoms with Gasteiger partial charge in [0, 0.05) is 6.04 Å². The third kappa shape index (κ3) is 2.46. The molecule has 2 heteroatoms. The molecule has 2 nitrogen and oxygen atoms in total. The van der Waals surface area contributed by atoms with Gasteiger partial charge in [-0.15, -0.1) is 0 Å². The van der Waals surface area contributed by atoms with E-state index in [1.165, 1.54) is 51.9 Å². The first-order valence-electron chi connectivity index (χ1n) is 4.91. The second-order valence-corrected chi connectivity index (χ2v) is 3.78. The fraction of sp³-hybridized carbons (Fsp3) is 1.00. The molecule has 1 saturated carbocycles. The number of nitrogens with one attached hydrogen (secondary N) is 1. The molecule has 0 radical (unpaired) electrons. The summed E-state index contributed by atoms with van der Waals surface area (Å²) in [6.45, 7) is 5.26.